The minimum Gasteiger partial charge on any atom is -0.446 e. The second kappa shape index (κ2) is 7.43. The molecule has 1 heterocycles. The number of amides is 2. The van der Waals surface area contributed by atoms with Gasteiger partial charge < -0.3 is 10.5 Å². The highest BCUT2D eigenvalue weighted by Gasteiger charge is 2.40. The first-order valence-corrected chi connectivity index (χ1v) is 9.16. The van der Waals surface area contributed by atoms with Crippen molar-refractivity contribution >= 4 is 17.7 Å². The van der Waals surface area contributed by atoms with Crippen LogP contribution in [0.2, 0.25) is 0 Å². The molecular weight excluding hydrogens is 340 g/mol. The third-order valence-corrected chi connectivity index (χ3v) is 5.06. The van der Waals surface area contributed by atoms with Gasteiger partial charge in [0.2, 0.25) is 5.91 Å². The molecule has 1 fully saturated rings. The first kappa shape index (κ1) is 19.0. The zero-order valence-corrected chi connectivity index (χ0v) is 16.0. The number of hydrogen-bond donors (Lipinski definition) is 1. The number of hydrogen-bond acceptors (Lipinski definition) is 4. The molecule has 1 saturated heterocycles. The third-order valence-electron chi connectivity index (χ3n) is 5.06. The number of imide groups is 1. The van der Waals surface area contributed by atoms with E-state index in [4.69, 9.17) is 10.5 Å². The number of anilines is 1. The number of nitrogens with zero attached hydrogens (tertiary/aromatic N) is 1. The molecular formula is C22H26N2O3. The molecule has 1 aliphatic heterocycles. The predicted molar refractivity (Wildman–Crippen MR) is 105 cm³/mol. The molecule has 0 spiro atoms. The van der Waals surface area contributed by atoms with E-state index in [1.165, 1.54) is 4.90 Å². The molecule has 5 nitrogen and oxygen atoms in total. The average molecular weight is 366 g/mol. The second-order valence-corrected chi connectivity index (χ2v) is 8.06. The fourth-order valence-electron chi connectivity index (χ4n) is 3.59. The van der Waals surface area contributed by atoms with E-state index in [9.17, 15) is 9.59 Å². The summed E-state index contributed by atoms with van der Waals surface area (Å²) in [6.07, 6.45) is -0.361. The maximum atomic E-state index is 13.1. The number of nitrogens with two attached hydrogens (primary N) is 1. The quantitative estimate of drug-likeness (QED) is 0.808. The molecule has 1 aliphatic rings. The first-order valence-electron chi connectivity index (χ1n) is 9.16. The lowest BCUT2D eigenvalue weighted by molar-refractivity contribution is -0.130. The van der Waals surface area contributed by atoms with Crippen molar-refractivity contribution in [2.24, 2.45) is 5.41 Å². The molecule has 1 unspecified atom stereocenters. The second-order valence-electron chi connectivity index (χ2n) is 8.06. The van der Waals surface area contributed by atoms with Crippen LogP contribution < -0.4 is 5.73 Å². The van der Waals surface area contributed by atoms with Gasteiger partial charge in [-0.1, -0.05) is 63.2 Å². The van der Waals surface area contributed by atoms with E-state index in [1.807, 2.05) is 54.6 Å². The fourth-order valence-corrected chi connectivity index (χ4v) is 3.59. The maximum absolute atomic E-state index is 13.1. The van der Waals surface area contributed by atoms with Crippen molar-refractivity contribution in [2.75, 3.05) is 12.3 Å². The summed E-state index contributed by atoms with van der Waals surface area (Å²) < 4.78 is 5.19. The van der Waals surface area contributed by atoms with Gasteiger partial charge >= 0.3 is 6.09 Å². The topological polar surface area (TPSA) is 72.6 Å². The van der Waals surface area contributed by atoms with Gasteiger partial charge in [-0.05, 0) is 34.6 Å². The summed E-state index contributed by atoms with van der Waals surface area (Å²) >= 11 is 0. The van der Waals surface area contributed by atoms with Crippen molar-refractivity contribution in [1.82, 2.24) is 4.90 Å². The number of carbonyl (C=O) groups is 2. The Morgan fingerprint density at radius 2 is 1.89 bits per heavy atom. The van der Waals surface area contributed by atoms with Crippen LogP contribution in [-0.2, 0) is 9.53 Å². The van der Waals surface area contributed by atoms with Gasteiger partial charge in [-0.25, -0.2) is 9.69 Å². The monoisotopic (exact) mass is 366 g/mol. The van der Waals surface area contributed by atoms with Gasteiger partial charge in [-0.3, -0.25) is 4.79 Å². The van der Waals surface area contributed by atoms with Crippen LogP contribution in [0.5, 0.6) is 0 Å². The molecule has 2 N–H and O–H groups in total. The van der Waals surface area contributed by atoms with E-state index in [0.29, 0.717) is 5.69 Å². The number of rotatable bonds is 4. The van der Waals surface area contributed by atoms with Gasteiger partial charge in [0, 0.05) is 12.1 Å². The Kier molecular flexibility index (Phi) is 5.22. The zero-order chi connectivity index (χ0) is 19.6. The van der Waals surface area contributed by atoms with E-state index in [-0.39, 0.29) is 36.3 Å². The van der Waals surface area contributed by atoms with Crippen molar-refractivity contribution in [3.05, 3.63) is 65.7 Å². The molecule has 2 atom stereocenters. The molecule has 2 aromatic rings. The van der Waals surface area contributed by atoms with Crippen LogP contribution in [0.4, 0.5) is 10.5 Å². The summed E-state index contributed by atoms with van der Waals surface area (Å²) in [6.45, 7) is 6.45. The first-order chi connectivity index (χ1) is 12.8. The smallest absolute Gasteiger partial charge is 0.417 e. The summed E-state index contributed by atoms with van der Waals surface area (Å²) in [7, 11) is 0. The molecule has 0 saturated carbocycles. The Morgan fingerprint density at radius 3 is 2.52 bits per heavy atom. The molecule has 27 heavy (non-hydrogen) atoms. The minimum atomic E-state index is -0.575. The highest BCUT2D eigenvalue weighted by molar-refractivity contribution is 5.94. The Morgan fingerprint density at radius 1 is 1.19 bits per heavy atom. The molecule has 2 aromatic carbocycles. The van der Waals surface area contributed by atoms with Gasteiger partial charge in [-0.2, -0.15) is 0 Å². The number of benzene rings is 2. The minimum absolute atomic E-state index is 0.0710. The van der Waals surface area contributed by atoms with Crippen molar-refractivity contribution in [3.8, 4) is 0 Å². The summed E-state index contributed by atoms with van der Waals surface area (Å²) in [5, 5.41) is 0. The van der Waals surface area contributed by atoms with Crippen LogP contribution in [0, 0.1) is 5.41 Å². The molecule has 2 amide bonds. The highest BCUT2D eigenvalue weighted by Crippen LogP contribution is 2.40. The van der Waals surface area contributed by atoms with Gasteiger partial charge in [0.05, 0.1) is 0 Å². The third kappa shape index (κ3) is 4.13. The van der Waals surface area contributed by atoms with E-state index in [0.717, 1.165) is 11.1 Å². The summed E-state index contributed by atoms with van der Waals surface area (Å²) in [5.74, 6) is -0.299. The maximum Gasteiger partial charge on any atom is 0.417 e. The van der Waals surface area contributed by atoms with E-state index in [2.05, 4.69) is 20.8 Å². The number of carbonyl (C=O) groups excluding carboxylic acids is 2. The Hall–Kier alpha value is -2.82. The van der Waals surface area contributed by atoms with Crippen LogP contribution in [0.25, 0.3) is 0 Å². The molecule has 0 radical (unpaired) electrons. The SMILES string of the molecule is CC(C)(C)[C@@H](CC(=O)N1C(=O)OCC1c1ccccc1)c1cccc(N)c1. The molecule has 3 rings (SSSR count). The molecule has 142 valence electrons. The standard InChI is InChI=1S/C22H26N2O3/c1-22(2,3)18(16-10-7-11-17(23)12-16)13-20(25)24-19(14-27-21(24)26)15-8-5-4-6-9-15/h4-12,18-19H,13-14,23H2,1-3H3/t18-,19?/m0/s1. The van der Waals surface area contributed by atoms with Crippen molar-refractivity contribution in [2.45, 2.75) is 39.2 Å². The van der Waals surface area contributed by atoms with Crippen LogP contribution in [0.15, 0.2) is 54.6 Å². The fraction of sp³-hybridized carbons (Fsp3) is 0.364. The lowest BCUT2D eigenvalue weighted by Crippen LogP contribution is -2.36. The van der Waals surface area contributed by atoms with Gasteiger partial charge in [-0.15, -0.1) is 0 Å². The summed E-state index contributed by atoms with van der Waals surface area (Å²) in [5.41, 5.74) is 8.33. The van der Waals surface area contributed by atoms with Crippen molar-refractivity contribution in [3.63, 3.8) is 0 Å². The zero-order valence-electron chi connectivity index (χ0n) is 16.0. The van der Waals surface area contributed by atoms with Crippen LogP contribution in [0.1, 0.15) is 50.3 Å². The Balaban J connectivity index is 1.87. The van der Waals surface area contributed by atoms with Crippen LogP contribution >= 0.6 is 0 Å². The average Bonchev–Trinajstić information content (AvgIpc) is 3.01. The largest absolute Gasteiger partial charge is 0.446 e. The predicted octanol–water partition coefficient (Wildman–Crippen LogP) is 4.51. The molecule has 5 heteroatoms. The molecule has 0 aromatic heterocycles. The summed E-state index contributed by atoms with van der Waals surface area (Å²) in [4.78, 5) is 26.7. The van der Waals surface area contributed by atoms with Crippen molar-refractivity contribution in [1.29, 1.82) is 0 Å². The lowest BCUT2D eigenvalue weighted by Gasteiger charge is -2.32. The highest BCUT2D eigenvalue weighted by atomic mass is 16.6. The van der Waals surface area contributed by atoms with Gasteiger partial charge in [0.15, 0.2) is 0 Å². The molecule has 0 bridgehead atoms. The van der Waals surface area contributed by atoms with E-state index >= 15 is 0 Å². The van der Waals surface area contributed by atoms with Gasteiger partial charge in [0.25, 0.3) is 0 Å². The normalized spacial score (nSPS) is 18.3. The van der Waals surface area contributed by atoms with Crippen LogP contribution in [-0.4, -0.2) is 23.5 Å². The molecule has 0 aliphatic carbocycles. The van der Waals surface area contributed by atoms with Crippen LogP contribution in [0.3, 0.4) is 0 Å². The van der Waals surface area contributed by atoms with E-state index in [1.54, 1.807) is 0 Å². The van der Waals surface area contributed by atoms with E-state index < -0.39 is 6.09 Å². The Labute approximate surface area is 160 Å². The number of nitrogen functional groups attached to an aromatic ring is 1. The Bertz CT molecular complexity index is 827. The number of cyclic esters (lactones) is 1. The lowest BCUT2D eigenvalue weighted by atomic mass is 9.74. The summed E-state index contributed by atoms with van der Waals surface area (Å²) in [6, 6.07) is 16.7. The number of ether oxygens (including phenoxy) is 1. The van der Waals surface area contributed by atoms with Crippen molar-refractivity contribution < 1.29 is 14.3 Å². The van der Waals surface area contributed by atoms with Gasteiger partial charge in [0.1, 0.15) is 12.6 Å².